The van der Waals surface area contributed by atoms with E-state index in [1.165, 1.54) is 11.1 Å². The number of aryl methyl sites for hydroxylation is 1. The number of nitrogens with one attached hydrogen (secondary N) is 2. The van der Waals surface area contributed by atoms with Crippen LogP contribution in [0.1, 0.15) is 36.8 Å². The quantitative estimate of drug-likeness (QED) is 0.724. The summed E-state index contributed by atoms with van der Waals surface area (Å²) < 4.78 is 0. The molecule has 1 aliphatic carbocycles. The van der Waals surface area contributed by atoms with Gasteiger partial charge in [-0.1, -0.05) is 24.3 Å². The van der Waals surface area contributed by atoms with Crippen molar-refractivity contribution in [2.24, 2.45) is 0 Å². The number of hydrogen-bond acceptors (Lipinski definition) is 2. The van der Waals surface area contributed by atoms with Gasteiger partial charge in [0.25, 0.3) is 0 Å². The predicted molar refractivity (Wildman–Crippen MR) is 73.3 cm³/mol. The Labute approximate surface area is 109 Å². The molecule has 0 atom stereocenters. The zero-order valence-electron chi connectivity index (χ0n) is 11.0. The van der Waals surface area contributed by atoms with Gasteiger partial charge in [-0.05, 0) is 43.9 Å². The van der Waals surface area contributed by atoms with Crippen LogP contribution < -0.4 is 10.6 Å². The van der Waals surface area contributed by atoms with Gasteiger partial charge < -0.3 is 10.6 Å². The summed E-state index contributed by atoms with van der Waals surface area (Å²) in [7, 11) is 0. The maximum absolute atomic E-state index is 11.4. The smallest absolute Gasteiger partial charge is 0.220 e. The second-order valence-corrected chi connectivity index (χ2v) is 5.05. The maximum atomic E-state index is 11.4. The van der Waals surface area contributed by atoms with Gasteiger partial charge in [-0.2, -0.15) is 0 Å². The van der Waals surface area contributed by atoms with E-state index >= 15 is 0 Å². The summed E-state index contributed by atoms with van der Waals surface area (Å²) in [6, 6.07) is 8.87. The molecule has 0 aromatic heterocycles. The second kappa shape index (κ2) is 6.55. The van der Waals surface area contributed by atoms with Crippen molar-refractivity contribution >= 4 is 5.91 Å². The average molecular weight is 246 g/mol. The number of amides is 1. The minimum absolute atomic E-state index is 0.204. The number of carbonyl (C=O) groups is 1. The molecule has 1 fully saturated rings. The molecule has 0 radical (unpaired) electrons. The van der Waals surface area contributed by atoms with E-state index < -0.39 is 0 Å². The molecule has 2 N–H and O–H groups in total. The van der Waals surface area contributed by atoms with Gasteiger partial charge in [0.2, 0.25) is 5.91 Å². The van der Waals surface area contributed by atoms with E-state index in [1.54, 1.807) is 0 Å². The Morgan fingerprint density at radius 3 is 2.83 bits per heavy atom. The molecule has 0 aliphatic heterocycles. The highest BCUT2D eigenvalue weighted by Crippen LogP contribution is 2.18. The first-order valence-electron chi connectivity index (χ1n) is 6.80. The molecule has 18 heavy (non-hydrogen) atoms. The van der Waals surface area contributed by atoms with Gasteiger partial charge in [0.05, 0.1) is 0 Å². The number of rotatable bonds is 7. The molecule has 0 spiro atoms. The zero-order chi connectivity index (χ0) is 12.8. The third kappa shape index (κ3) is 4.49. The summed E-state index contributed by atoms with van der Waals surface area (Å²) in [5.74, 6) is 0.204. The van der Waals surface area contributed by atoms with Crippen LogP contribution >= 0.6 is 0 Å². The van der Waals surface area contributed by atoms with Crippen molar-refractivity contribution in [3.05, 3.63) is 35.4 Å². The van der Waals surface area contributed by atoms with Crippen molar-refractivity contribution in [1.29, 1.82) is 0 Å². The third-order valence-corrected chi connectivity index (χ3v) is 3.28. The maximum Gasteiger partial charge on any atom is 0.220 e. The zero-order valence-corrected chi connectivity index (χ0v) is 11.0. The molecule has 1 saturated carbocycles. The van der Waals surface area contributed by atoms with Gasteiger partial charge in [-0.3, -0.25) is 4.79 Å². The summed E-state index contributed by atoms with van der Waals surface area (Å²) in [5.41, 5.74) is 2.65. The van der Waals surface area contributed by atoms with Crippen LogP contribution in [0.3, 0.4) is 0 Å². The summed E-state index contributed by atoms with van der Waals surface area (Å²) >= 11 is 0. The van der Waals surface area contributed by atoms with Crippen molar-refractivity contribution < 1.29 is 4.79 Å². The minimum Gasteiger partial charge on any atom is -0.353 e. The highest BCUT2D eigenvalue weighted by atomic mass is 16.1. The first-order valence-corrected chi connectivity index (χ1v) is 6.80. The van der Waals surface area contributed by atoms with Crippen molar-refractivity contribution in [3.8, 4) is 0 Å². The molecule has 0 bridgehead atoms. The Hall–Kier alpha value is -1.35. The molecular weight excluding hydrogens is 224 g/mol. The minimum atomic E-state index is 0.204. The number of benzene rings is 1. The molecule has 1 aromatic carbocycles. The van der Waals surface area contributed by atoms with Crippen LogP contribution in [0.25, 0.3) is 0 Å². The molecule has 98 valence electrons. The number of carbonyl (C=O) groups excluding carboxylic acids is 1. The Morgan fingerprint density at radius 1 is 1.33 bits per heavy atom. The van der Waals surface area contributed by atoms with E-state index in [1.807, 2.05) is 0 Å². The van der Waals surface area contributed by atoms with Crippen molar-refractivity contribution in [2.75, 3.05) is 6.54 Å². The summed E-state index contributed by atoms with van der Waals surface area (Å²) in [4.78, 5) is 11.4. The highest BCUT2D eigenvalue weighted by Gasteiger charge is 2.22. The molecule has 0 saturated heterocycles. The standard InChI is InChI=1S/C15H22N2O/c1-12-5-2-3-6-13(12)11-16-10-4-7-15(18)17-14-8-9-14/h2-3,5-6,14,16H,4,7-11H2,1H3,(H,17,18). The van der Waals surface area contributed by atoms with E-state index in [2.05, 4.69) is 41.8 Å². The van der Waals surface area contributed by atoms with E-state index in [4.69, 9.17) is 0 Å². The lowest BCUT2D eigenvalue weighted by Crippen LogP contribution is -2.26. The summed E-state index contributed by atoms with van der Waals surface area (Å²) in [6.07, 6.45) is 3.87. The molecule has 3 heteroatoms. The molecule has 0 heterocycles. The fourth-order valence-corrected chi connectivity index (χ4v) is 1.93. The van der Waals surface area contributed by atoms with Gasteiger partial charge in [-0.25, -0.2) is 0 Å². The molecule has 1 amide bonds. The average Bonchev–Trinajstić information content (AvgIpc) is 3.15. The van der Waals surface area contributed by atoms with Crippen molar-refractivity contribution in [3.63, 3.8) is 0 Å². The normalized spacial score (nSPS) is 14.5. The van der Waals surface area contributed by atoms with Crippen LogP contribution in [0.4, 0.5) is 0 Å². The van der Waals surface area contributed by atoms with Crippen LogP contribution in [0, 0.1) is 6.92 Å². The van der Waals surface area contributed by atoms with Crippen LogP contribution in [-0.4, -0.2) is 18.5 Å². The fourth-order valence-electron chi connectivity index (χ4n) is 1.93. The van der Waals surface area contributed by atoms with Crippen molar-refractivity contribution in [1.82, 2.24) is 10.6 Å². The fraction of sp³-hybridized carbons (Fsp3) is 0.533. The first-order chi connectivity index (χ1) is 8.75. The van der Waals surface area contributed by atoms with Crippen LogP contribution in [0.5, 0.6) is 0 Å². The summed E-state index contributed by atoms with van der Waals surface area (Å²) in [5, 5.41) is 6.39. The van der Waals surface area contributed by atoms with Gasteiger partial charge in [-0.15, -0.1) is 0 Å². The predicted octanol–water partition coefficient (Wildman–Crippen LogP) is 2.14. The third-order valence-electron chi connectivity index (χ3n) is 3.28. The molecule has 1 aromatic rings. The Balaban J connectivity index is 1.55. The highest BCUT2D eigenvalue weighted by molar-refractivity contribution is 5.76. The Bertz CT molecular complexity index is 399. The first kappa shape index (κ1) is 13.1. The molecule has 2 rings (SSSR count). The van der Waals surface area contributed by atoms with Crippen molar-refractivity contribution in [2.45, 2.75) is 45.2 Å². The van der Waals surface area contributed by atoms with Gasteiger partial charge in [0, 0.05) is 19.0 Å². The van der Waals surface area contributed by atoms with E-state index in [9.17, 15) is 4.79 Å². The van der Waals surface area contributed by atoms with Crippen LogP contribution in [0.2, 0.25) is 0 Å². The van der Waals surface area contributed by atoms with Crippen LogP contribution in [0.15, 0.2) is 24.3 Å². The van der Waals surface area contributed by atoms with Crippen LogP contribution in [-0.2, 0) is 11.3 Å². The van der Waals surface area contributed by atoms with E-state index in [0.29, 0.717) is 12.5 Å². The summed E-state index contributed by atoms with van der Waals surface area (Å²) in [6.45, 7) is 3.91. The molecule has 1 aliphatic rings. The second-order valence-electron chi connectivity index (χ2n) is 5.05. The molecular formula is C15H22N2O. The lowest BCUT2D eigenvalue weighted by Gasteiger charge is -2.07. The molecule has 0 unspecified atom stereocenters. The lowest BCUT2D eigenvalue weighted by molar-refractivity contribution is -0.121. The SMILES string of the molecule is Cc1ccccc1CNCCCC(=O)NC1CC1. The molecule has 3 nitrogen and oxygen atoms in total. The number of hydrogen-bond donors (Lipinski definition) is 2. The Kier molecular flexibility index (Phi) is 4.76. The monoisotopic (exact) mass is 246 g/mol. The Morgan fingerprint density at radius 2 is 2.11 bits per heavy atom. The topological polar surface area (TPSA) is 41.1 Å². The largest absolute Gasteiger partial charge is 0.353 e. The van der Waals surface area contributed by atoms with Gasteiger partial charge in [0.1, 0.15) is 0 Å². The van der Waals surface area contributed by atoms with Gasteiger partial charge >= 0.3 is 0 Å². The van der Waals surface area contributed by atoms with Gasteiger partial charge in [0.15, 0.2) is 0 Å². The lowest BCUT2D eigenvalue weighted by atomic mass is 10.1. The van der Waals surface area contributed by atoms with E-state index in [0.717, 1.165) is 32.4 Å². The van der Waals surface area contributed by atoms with E-state index in [-0.39, 0.29) is 5.91 Å².